The zero-order valence-corrected chi connectivity index (χ0v) is 11.4. The fourth-order valence-corrected chi connectivity index (χ4v) is 1.73. The minimum Gasteiger partial charge on any atom is -0.370 e. The maximum absolute atomic E-state index is 5.67. The number of nitrogens with two attached hydrogens (primary N) is 1. The van der Waals surface area contributed by atoms with Crippen LogP contribution in [-0.4, -0.2) is 26.3 Å². The second-order valence-electron chi connectivity index (χ2n) is 4.26. The van der Waals surface area contributed by atoms with Crippen LogP contribution in [0.15, 0.2) is 12.3 Å². The summed E-state index contributed by atoms with van der Waals surface area (Å²) >= 11 is 0. The van der Waals surface area contributed by atoms with Gasteiger partial charge in [-0.1, -0.05) is 0 Å². The zero-order valence-electron chi connectivity index (χ0n) is 11.4. The molecule has 0 atom stereocenters. The molecule has 0 saturated heterocycles. The standard InChI is InChI=1S/C12H19N7/c1-4-14-10-5-11(18-12(13)17-10)15-6-9-7-16-19(3)8(9)2/h5,7H,4,6H2,1-3H3,(H4,13,14,15,17,18). The Labute approximate surface area is 112 Å². The number of rotatable bonds is 5. The molecule has 2 aromatic rings. The van der Waals surface area contributed by atoms with Gasteiger partial charge in [0.2, 0.25) is 5.95 Å². The SMILES string of the molecule is CCNc1cc(NCc2cnn(C)c2C)nc(N)n1. The topological polar surface area (TPSA) is 93.7 Å². The lowest BCUT2D eigenvalue weighted by atomic mass is 10.2. The van der Waals surface area contributed by atoms with Crippen molar-refractivity contribution in [3.05, 3.63) is 23.5 Å². The van der Waals surface area contributed by atoms with E-state index in [1.807, 2.05) is 37.8 Å². The highest BCUT2D eigenvalue weighted by Crippen LogP contribution is 2.14. The van der Waals surface area contributed by atoms with E-state index in [-0.39, 0.29) is 5.95 Å². The summed E-state index contributed by atoms with van der Waals surface area (Å²) in [6, 6.07) is 1.84. The van der Waals surface area contributed by atoms with Crippen LogP contribution in [0.25, 0.3) is 0 Å². The van der Waals surface area contributed by atoms with Crippen molar-refractivity contribution in [2.45, 2.75) is 20.4 Å². The van der Waals surface area contributed by atoms with E-state index in [1.165, 1.54) is 0 Å². The lowest BCUT2D eigenvalue weighted by molar-refractivity contribution is 0.738. The number of anilines is 3. The van der Waals surface area contributed by atoms with Gasteiger partial charge in [0.15, 0.2) is 0 Å². The second kappa shape index (κ2) is 5.55. The highest BCUT2D eigenvalue weighted by molar-refractivity contribution is 5.51. The van der Waals surface area contributed by atoms with Gasteiger partial charge in [-0.25, -0.2) is 0 Å². The van der Waals surface area contributed by atoms with Crippen LogP contribution in [0.4, 0.5) is 17.6 Å². The Morgan fingerprint density at radius 1 is 1.26 bits per heavy atom. The Balaban J connectivity index is 2.08. The molecule has 0 aliphatic carbocycles. The predicted octanol–water partition coefficient (Wildman–Crippen LogP) is 1.14. The molecule has 7 nitrogen and oxygen atoms in total. The number of aryl methyl sites for hydroxylation is 1. The third kappa shape index (κ3) is 3.12. The molecule has 19 heavy (non-hydrogen) atoms. The minimum absolute atomic E-state index is 0.254. The maximum atomic E-state index is 5.67. The highest BCUT2D eigenvalue weighted by atomic mass is 15.3. The molecule has 102 valence electrons. The third-order valence-electron chi connectivity index (χ3n) is 2.90. The van der Waals surface area contributed by atoms with Gasteiger partial charge in [-0.15, -0.1) is 0 Å². The summed E-state index contributed by atoms with van der Waals surface area (Å²) in [4.78, 5) is 8.26. The van der Waals surface area contributed by atoms with Crippen LogP contribution >= 0.6 is 0 Å². The van der Waals surface area contributed by atoms with Gasteiger partial charge in [0.05, 0.1) is 6.20 Å². The molecule has 0 aliphatic heterocycles. The Morgan fingerprint density at radius 3 is 2.53 bits per heavy atom. The third-order valence-corrected chi connectivity index (χ3v) is 2.90. The van der Waals surface area contributed by atoms with E-state index in [0.29, 0.717) is 12.4 Å². The van der Waals surface area contributed by atoms with E-state index in [9.17, 15) is 0 Å². The summed E-state index contributed by atoms with van der Waals surface area (Å²) in [7, 11) is 1.92. The molecule has 0 aliphatic rings. The summed E-state index contributed by atoms with van der Waals surface area (Å²) in [6.07, 6.45) is 1.85. The molecule has 0 aromatic carbocycles. The van der Waals surface area contributed by atoms with Crippen molar-refractivity contribution in [1.82, 2.24) is 19.7 Å². The van der Waals surface area contributed by atoms with Crippen LogP contribution in [-0.2, 0) is 13.6 Å². The zero-order chi connectivity index (χ0) is 13.8. The molecule has 2 heterocycles. The number of aromatic nitrogens is 4. The first-order valence-electron chi connectivity index (χ1n) is 6.20. The summed E-state index contributed by atoms with van der Waals surface area (Å²) in [5.41, 5.74) is 7.93. The van der Waals surface area contributed by atoms with Crippen molar-refractivity contribution in [3.63, 3.8) is 0 Å². The number of nitrogen functional groups attached to an aromatic ring is 1. The first-order valence-corrected chi connectivity index (χ1v) is 6.20. The number of nitrogens with one attached hydrogen (secondary N) is 2. The molecule has 0 amide bonds. The van der Waals surface area contributed by atoms with Gasteiger partial charge in [0, 0.05) is 37.5 Å². The average Bonchev–Trinajstić information content (AvgIpc) is 2.67. The van der Waals surface area contributed by atoms with Crippen molar-refractivity contribution in [1.29, 1.82) is 0 Å². The Kier molecular flexibility index (Phi) is 3.84. The Hall–Kier alpha value is -2.31. The lowest BCUT2D eigenvalue weighted by Gasteiger charge is -2.08. The first-order chi connectivity index (χ1) is 9.10. The maximum Gasteiger partial charge on any atom is 0.223 e. The van der Waals surface area contributed by atoms with Gasteiger partial charge in [0.1, 0.15) is 11.6 Å². The average molecular weight is 261 g/mol. The summed E-state index contributed by atoms with van der Waals surface area (Å²) in [6.45, 7) is 5.48. The molecule has 0 saturated carbocycles. The van der Waals surface area contributed by atoms with Gasteiger partial charge in [0.25, 0.3) is 0 Å². The molecular weight excluding hydrogens is 242 g/mol. The molecule has 0 unspecified atom stereocenters. The molecule has 4 N–H and O–H groups in total. The van der Waals surface area contributed by atoms with E-state index in [0.717, 1.165) is 23.6 Å². The monoisotopic (exact) mass is 261 g/mol. The van der Waals surface area contributed by atoms with E-state index in [1.54, 1.807) is 0 Å². The summed E-state index contributed by atoms with van der Waals surface area (Å²) < 4.78 is 1.84. The van der Waals surface area contributed by atoms with Crippen LogP contribution in [0, 0.1) is 6.92 Å². The van der Waals surface area contributed by atoms with Crippen LogP contribution in [0.3, 0.4) is 0 Å². The van der Waals surface area contributed by atoms with Crippen molar-refractivity contribution in [2.75, 3.05) is 22.9 Å². The molecule has 7 heteroatoms. The lowest BCUT2D eigenvalue weighted by Crippen LogP contribution is -2.08. The van der Waals surface area contributed by atoms with Gasteiger partial charge >= 0.3 is 0 Å². The molecule has 0 bridgehead atoms. The van der Waals surface area contributed by atoms with E-state index < -0.39 is 0 Å². The van der Waals surface area contributed by atoms with Crippen LogP contribution in [0.5, 0.6) is 0 Å². The molecular formula is C12H19N7. The molecule has 2 rings (SSSR count). The van der Waals surface area contributed by atoms with Gasteiger partial charge in [-0.2, -0.15) is 15.1 Å². The molecule has 0 fully saturated rings. The van der Waals surface area contributed by atoms with E-state index in [2.05, 4.69) is 25.7 Å². The Bertz CT molecular complexity index is 561. The fraction of sp³-hybridized carbons (Fsp3) is 0.417. The second-order valence-corrected chi connectivity index (χ2v) is 4.26. The molecule has 0 radical (unpaired) electrons. The van der Waals surface area contributed by atoms with Crippen molar-refractivity contribution < 1.29 is 0 Å². The van der Waals surface area contributed by atoms with Crippen molar-refractivity contribution in [2.24, 2.45) is 7.05 Å². The summed E-state index contributed by atoms with van der Waals surface area (Å²) in [5, 5.41) is 10.5. The van der Waals surface area contributed by atoms with Gasteiger partial charge in [-0.3, -0.25) is 4.68 Å². The van der Waals surface area contributed by atoms with Crippen LogP contribution in [0.1, 0.15) is 18.2 Å². The largest absolute Gasteiger partial charge is 0.370 e. The highest BCUT2D eigenvalue weighted by Gasteiger charge is 2.05. The van der Waals surface area contributed by atoms with Gasteiger partial charge < -0.3 is 16.4 Å². The molecule has 0 spiro atoms. The van der Waals surface area contributed by atoms with Gasteiger partial charge in [-0.05, 0) is 13.8 Å². The number of hydrogen-bond donors (Lipinski definition) is 3. The first kappa shape index (κ1) is 13.1. The summed E-state index contributed by atoms with van der Waals surface area (Å²) in [5.74, 6) is 1.68. The van der Waals surface area contributed by atoms with E-state index in [4.69, 9.17) is 5.73 Å². The van der Waals surface area contributed by atoms with Crippen molar-refractivity contribution in [3.8, 4) is 0 Å². The van der Waals surface area contributed by atoms with Crippen LogP contribution < -0.4 is 16.4 Å². The minimum atomic E-state index is 0.254. The van der Waals surface area contributed by atoms with E-state index >= 15 is 0 Å². The number of nitrogens with zero attached hydrogens (tertiary/aromatic N) is 4. The fourth-order valence-electron chi connectivity index (χ4n) is 1.73. The smallest absolute Gasteiger partial charge is 0.223 e. The quantitative estimate of drug-likeness (QED) is 0.747. The Morgan fingerprint density at radius 2 is 1.95 bits per heavy atom. The van der Waals surface area contributed by atoms with Crippen LogP contribution in [0.2, 0.25) is 0 Å². The number of hydrogen-bond acceptors (Lipinski definition) is 6. The van der Waals surface area contributed by atoms with Crippen molar-refractivity contribution >= 4 is 17.6 Å². The predicted molar refractivity (Wildman–Crippen MR) is 75.9 cm³/mol. The normalized spacial score (nSPS) is 10.5. The molecule has 2 aromatic heterocycles.